The number of rotatable bonds is 5. The van der Waals surface area contributed by atoms with Crippen LogP contribution in [0.25, 0.3) is 5.70 Å². The van der Waals surface area contributed by atoms with Gasteiger partial charge in [-0.15, -0.1) is 0 Å². The zero-order valence-electron chi connectivity index (χ0n) is 18.9. The summed E-state index contributed by atoms with van der Waals surface area (Å²) in [6.45, 7) is 2.14. The molecule has 1 fully saturated rings. The highest BCUT2D eigenvalue weighted by Crippen LogP contribution is 2.31. The van der Waals surface area contributed by atoms with E-state index < -0.39 is 0 Å². The molecule has 0 saturated carbocycles. The van der Waals surface area contributed by atoms with Crippen molar-refractivity contribution < 1.29 is 4.39 Å². The number of guanidine groups is 1. The van der Waals surface area contributed by atoms with Crippen LogP contribution < -0.4 is 27.0 Å². The van der Waals surface area contributed by atoms with Crippen molar-refractivity contribution in [3.05, 3.63) is 70.7 Å². The van der Waals surface area contributed by atoms with Gasteiger partial charge in [-0.2, -0.15) is 0 Å². The number of nitrogens with zero attached hydrogens (tertiary/aromatic N) is 2. The van der Waals surface area contributed by atoms with E-state index in [4.69, 9.17) is 10.7 Å². The quantitative estimate of drug-likeness (QED) is 0.482. The van der Waals surface area contributed by atoms with Crippen LogP contribution in [-0.2, 0) is 0 Å². The van der Waals surface area contributed by atoms with Gasteiger partial charge in [0.15, 0.2) is 5.96 Å². The summed E-state index contributed by atoms with van der Waals surface area (Å²) in [5, 5.41) is 12.8. The Kier molecular flexibility index (Phi) is 6.62. The summed E-state index contributed by atoms with van der Waals surface area (Å²) in [6.07, 6.45) is 9.32. The average molecular weight is 438 g/mol. The van der Waals surface area contributed by atoms with Gasteiger partial charge in [0.25, 0.3) is 0 Å². The predicted octanol–water partition coefficient (Wildman–Crippen LogP) is 1.76. The Balaban J connectivity index is 1.75. The second kappa shape index (κ2) is 9.58. The van der Waals surface area contributed by atoms with Gasteiger partial charge in [-0.1, -0.05) is 18.2 Å². The molecule has 1 aromatic rings. The molecule has 0 aromatic heterocycles. The van der Waals surface area contributed by atoms with E-state index in [1.165, 1.54) is 0 Å². The number of nitrogens with two attached hydrogens (primary N) is 1. The minimum absolute atomic E-state index is 0.129. The molecule has 2 heterocycles. The number of hydrogen-bond donors (Lipinski definition) is 5. The molecule has 6 N–H and O–H groups in total. The first-order valence-electron chi connectivity index (χ1n) is 11.0. The molecule has 0 bridgehead atoms. The smallest absolute Gasteiger partial charge is 0.198 e. The zero-order chi connectivity index (χ0) is 22.7. The Hall–Kier alpha value is -3.10. The Morgan fingerprint density at radius 3 is 2.78 bits per heavy atom. The predicted molar refractivity (Wildman–Crippen MR) is 130 cm³/mol. The summed E-state index contributed by atoms with van der Waals surface area (Å²) in [6, 6.07) is 5.55. The van der Waals surface area contributed by atoms with Crippen molar-refractivity contribution in [1.82, 2.24) is 20.9 Å². The molecule has 1 aliphatic carbocycles. The molecule has 0 spiro atoms. The SMILES string of the molecule is CN/C=C1/C=C(C2=C(c3ccc(NC)c(F)c3)NC(N3CCC(N)C3)=NC2)C=CC1NC. The van der Waals surface area contributed by atoms with Gasteiger partial charge in [0.2, 0.25) is 0 Å². The molecule has 170 valence electrons. The number of halogens is 1. The normalized spacial score (nSPS) is 24.4. The fourth-order valence-electron chi connectivity index (χ4n) is 4.35. The lowest BCUT2D eigenvalue weighted by Gasteiger charge is -2.30. The third-order valence-corrected chi connectivity index (χ3v) is 6.10. The maximum Gasteiger partial charge on any atom is 0.198 e. The van der Waals surface area contributed by atoms with Crippen LogP contribution in [0.3, 0.4) is 0 Å². The highest BCUT2D eigenvalue weighted by Gasteiger charge is 2.28. The molecule has 32 heavy (non-hydrogen) atoms. The largest absolute Gasteiger partial charge is 0.394 e. The number of allylic oxidation sites excluding steroid dienone is 1. The van der Waals surface area contributed by atoms with Crippen LogP contribution in [0.5, 0.6) is 0 Å². The summed E-state index contributed by atoms with van der Waals surface area (Å²) in [4.78, 5) is 7.01. The molecule has 1 aromatic carbocycles. The van der Waals surface area contributed by atoms with Gasteiger partial charge in [-0.3, -0.25) is 0 Å². The lowest BCUT2D eigenvalue weighted by Crippen LogP contribution is -2.43. The van der Waals surface area contributed by atoms with E-state index >= 15 is 0 Å². The number of hydrogen-bond acceptors (Lipinski definition) is 7. The molecule has 7 nitrogen and oxygen atoms in total. The van der Waals surface area contributed by atoms with Crippen molar-refractivity contribution in [2.45, 2.75) is 18.5 Å². The van der Waals surface area contributed by atoms with Crippen LogP contribution >= 0.6 is 0 Å². The number of likely N-dealkylation sites (tertiary alicyclic amines) is 1. The summed E-state index contributed by atoms with van der Waals surface area (Å²) in [7, 11) is 5.55. The molecule has 2 atom stereocenters. The molecule has 0 radical (unpaired) electrons. The van der Waals surface area contributed by atoms with Gasteiger partial charge >= 0.3 is 0 Å². The second-order valence-electron chi connectivity index (χ2n) is 8.22. The van der Waals surface area contributed by atoms with Crippen LogP contribution in [0.1, 0.15) is 12.0 Å². The van der Waals surface area contributed by atoms with E-state index in [1.807, 2.05) is 26.4 Å². The fraction of sp³-hybridized carbons (Fsp3) is 0.375. The Morgan fingerprint density at radius 2 is 2.12 bits per heavy atom. The highest BCUT2D eigenvalue weighted by atomic mass is 19.1. The first kappa shape index (κ1) is 22.1. The van der Waals surface area contributed by atoms with Crippen molar-refractivity contribution in [2.24, 2.45) is 10.7 Å². The molecule has 1 saturated heterocycles. The van der Waals surface area contributed by atoms with Crippen LogP contribution in [-0.4, -0.2) is 63.7 Å². The maximum atomic E-state index is 14.7. The van der Waals surface area contributed by atoms with E-state index in [9.17, 15) is 4.39 Å². The van der Waals surface area contributed by atoms with Gasteiger partial charge in [0.05, 0.1) is 24.0 Å². The van der Waals surface area contributed by atoms with E-state index in [0.717, 1.165) is 53.4 Å². The number of benzene rings is 1. The van der Waals surface area contributed by atoms with Crippen LogP contribution in [0, 0.1) is 5.82 Å². The van der Waals surface area contributed by atoms with E-state index in [1.54, 1.807) is 19.2 Å². The lowest BCUT2D eigenvalue weighted by molar-refractivity contribution is 0.493. The molecule has 3 aliphatic rings. The van der Waals surface area contributed by atoms with Crippen molar-refractivity contribution >= 4 is 17.3 Å². The van der Waals surface area contributed by atoms with Crippen molar-refractivity contribution in [1.29, 1.82) is 0 Å². The summed E-state index contributed by atoms with van der Waals surface area (Å²) >= 11 is 0. The fourth-order valence-corrected chi connectivity index (χ4v) is 4.35. The second-order valence-corrected chi connectivity index (χ2v) is 8.22. The third-order valence-electron chi connectivity index (χ3n) is 6.10. The monoisotopic (exact) mass is 437 g/mol. The van der Waals surface area contributed by atoms with E-state index in [2.05, 4.69) is 44.4 Å². The summed E-state index contributed by atoms with van der Waals surface area (Å²) in [5.41, 5.74) is 11.5. The standard InChI is InChI=1S/C24H32FN7/c1-27-12-17-10-15(4-6-21(17)28-2)19-13-30-24(32-9-8-18(26)14-32)31-23(19)16-5-7-22(29-3)20(25)11-16/h4-7,10-12,18,21,27-29H,8-9,13-14,26H2,1-3H3,(H,30,31)/b17-12-. The van der Waals surface area contributed by atoms with Crippen molar-refractivity contribution in [3.63, 3.8) is 0 Å². The molecule has 4 rings (SSSR count). The topological polar surface area (TPSA) is 89.7 Å². The van der Waals surface area contributed by atoms with Gasteiger partial charge in [-0.05, 0) is 42.8 Å². The first-order chi connectivity index (χ1) is 15.5. The minimum atomic E-state index is -0.287. The zero-order valence-corrected chi connectivity index (χ0v) is 18.9. The molecule has 8 heteroatoms. The van der Waals surface area contributed by atoms with Crippen LogP contribution in [0.4, 0.5) is 10.1 Å². The van der Waals surface area contributed by atoms with E-state index in [0.29, 0.717) is 12.2 Å². The van der Waals surface area contributed by atoms with Gasteiger partial charge in [0.1, 0.15) is 5.82 Å². The highest BCUT2D eigenvalue weighted by molar-refractivity contribution is 5.94. The van der Waals surface area contributed by atoms with E-state index in [-0.39, 0.29) is 17.9 Å². The lowest BCUT2D eigenvalue weighted by atomic mass is 9.90. The minimum Gasteiger partial charge on any atom is -0.394 e. The first-order valence-corrected chi connectivity index (χ1v) is 11.0. The molecular formula is C24H32FN7. The number of aliphatic imine (C=N–C) groups is 1. The Labute approximate surface area is 189 Å². The van der Waals surface area contributed by atoms with Crippen LogP contribution in [0.15, 0.2) is 64.3 Å². The maximum absolute atomic E-state index is 14.7. The summed E-state index contributed by atoms with van der Waals surface area (Å²) in [5.74, 6) is 0.513. The van der Waals surface area contributed by atoms with Gasteiger partial charge in [0, 0.05) is 50.6 Å². The van der Waals surface area contributed by atoms with Crippen molar-refractivity contribution in [3.8, 4) is 0 Å². The van der Waals surface area contributed by atoms with Crippen LogP contribution in [0.2, 0.25) is 0 Å². The average Bonchev–Trinajstić information content (AvgIpc) is 3.25. The molecule has 2 aliphatic heterocycles. The van der Waals surface area contributed by atoms with Crippen molar-refractivity contribution in [2.75, 3.05) is 46.1 Å². The Morgan fingerprint density at radius 1 is 1.28 bits per heavy atom. The van der Waals surface area contributed by atoms with Gasteiger partial charge < -0.3 is 31.9 Å². The molecule has 0 amide bonds. The number of anilines is 1. The number of likely N-dealkylation sites (N-methyl/N-ethyl adjacent to an activating group) is 1. The Bertz CT molecular complexity index is 1020. The molecule has 2 unspecified atom stereocenters. The number of nitrogens with one attached hydrogen (secondary N) is 4. The third kappa shape index (κ3) is 4.42. The summed E-state index contributed by atoms with van der Waals surface area (Å²) < 4.78 is 14.7. The molecular weight excluding hydrogens is 405 g/mol. The van der Waals surface area contributed by atoms with Gasteiger partial charge in [-0.25, -0.2) is 9.38 Å².